The summed E-state index contributed by atoms with van der Waals surface area (Å²) in [6.07, 6.45) is 0. The van der Waals surface area contributed by atoms with Crippen LogP contribution < -0.4 is 5.32 Å². The summed E-state index contributed by atoms with van der Waals surface area (Å²) in [6, 6.07) is 17.8. The zero-order valence-electron chi connectivity index (χ0n) is 13.6. The molecule has 4 aromatic rings. The van der Waals surface area contributed by atoms with Gasteiger partial charge in [0, 0.05) is 0 Å². The standard InChI is InChI=1S/C18H17N5OS/c1-12(13-7-3-2-4-8-13)19-16(24)11-25-18-22-21-17-20-14-9-5-6-10-15(14)23(17)18/h2-10,12H,11H2,1H3,(H,19,24)(H,20,21)/t12-/m1/s1. The first-order chi connectivity index (χ1) is 12.2. The molecule has 7 heteroatoms. The maximum absolute atomic E-state index is 12.3. The molecule has 6 nitrogen and oxygen atoms in total. The van der Waals surface area contributed by atoms with Crippen molar-refractivity contribution in [2.75, 3.05) is 5.75 Å². The Balaban J connectivity index is 1.46. The molecule has 0 aliphatic carbocycles. The minimum Gasteiger partial charge on any atom is -0.349 e. The Morgan fingerprint density at radius 1 is 1.20 bits per heavy atom. The molecule has 0 spiro atoms. The average molecular weight is 351 g/mol. The number of carbonyl (C=O) groups excluding carboxylic acids is 1. The van der Waals surface area contributed by atoms with Gasteiger partial charge in [0.25, 0.3) is 0 Å². The van der Waals surface area contributed by atoms with Crippen molar-refractivity contribution in [3.8, 4) is 0 Å². The lowest BCUT2D eigenvalue weighted by Crippen LogP contribution is -2.28. The highest BCUT2D eigenvalue weighted by Gasteiger charge is 2.14. The number of nitrogens with zero attached hydrogens (tertiary/aromatic N) is 3. The van der Waals surface area contributed by atoms with Crippen LogP contribution in [0.4, 0.5) is 0 Å². The van der Waals surface area contributed by atoms with E-state index in [9.17, 15) is 4.79 Å². The molecule has 0 bridgehead atoms. The van der Waals surface area contributed by atoms with Crippen molar-refractivity contribution >= 4 is 34.5 Å². The number of aromatic nitrogens is 4. The lowest BCUT2D eigenvalue weighted by molar-refractivity contribution is -0.119. The number of para-hydroxylation sites is 2. The van der Waals surface area contributed by atoms with Crippen molar-refractivity contribution in [1.82, 2.24) is 24.9 Å². The molecule has 25 heavy (non-hydrogen) atoms. The molecule has 0 radical (unpaired) electrons. The molecular formula is C18H17N5OS. The Morgan fingerprint density at radius 2 is 1.96 bits per heavy atom. The van der Waals surface area contributed by atoms with Crippen LogP contribution in [0.2, 0.25) is 0 Å². The van der Waals surface area contributed by atoms with E-state index in [1.165, 1.54) is 11.8 Å². The van der Waals surface area contributed by atoms with Gasteiger partial charge in [0.1, 0.15) is 0 Å². The maximum atomic E-state index is 12.3. The molecule has 0 unspecified atom stereocenters. The van der Waals surface area contributed by atoms with Gasteiger partial charge in [-0.05, 0) is 24.6 Å². The van der Waals surface area contributed by atoms with Crippen molar-refractivity contribution < 1.29 is 4.79 Å². The van der Waals surface area contributed by atoms with Crippen LogP contribution in [-0.4, -0.2) is 31.2 Å². The van der Waals surface area contributed by atoms with Gasteiger partial charge >= 0.3 is 0 Å². The van der Waals surface area contributed by atoms with Gasteiger partial charge in [-0.15, -0.1) is 5.10 Å². The number of aromatic amines is 1. The van der Waals surface area contributed by atoms with E-state index < -0.39 is 0 Å². The van der Waals surface area contributed by atoms with E-state index >= 15 is 0 Å². The van der Waals surface area contributed by atoms with Gasteiger partial charge in [-0.3, -0.25) is 9.20 Å². The number of imidazole rings is 1. The number of hydrogen-bond donors (Lipinski definition) is 2. The van der Waals surface area contributed by atoms with E-state index in [1.807, 2.05) is 65.9 Å². The molecule has 1 amide bonds. The molecule has 2 heterocycles. The number of nitrogens with one attached hydrogen (secondary N) is 2. The van der Waals surface area contributed by atoms with Crippen LogP contribution in [0.5, 0.6) is 0 Å². The smallest absolute Gasteiger partial charge is 0.231 e. The van der Waals surface area contributed by atoms with Gasteiger partial charge in [-0.1, -0.05) is 54.2 Å². The highest BCUT2D eigenvalue weighted by molar-refractivity contribution is 7.99. The molecule has 2 aromatic heterocycles. The summed E-state index contributed by atoms with van der Waals surface area (Å²) >= 11 is 1.39. The van der Waals surface area contributed by atoms with E-state index in [4.69, 9.17) is 0 Å². The summed E-state index contributed by atoms with van der Waals surface area (Å²) in [5.41, 5.74) is 2.97. The Kier molecular flexibility index (Phi) is 4.15. The highest BCUT2D eigenvalue weighted by atomic mass is 32.2. The molecule has 1 atom stereocenters. The number of hydrogen-bond acceptors (Lipinski definition) is 4. The predicted molar refractivity (Wildman–Crippen MR) is 98.6 cm³/mol. The van der Waals surface area contributed by atoms with Crippen LogP contribution in [0.1, 0.15) is 18.5 Å². The molecule has 0 aliphatic heterocycles. The number of amides is 1. The van der Waals surface area contributed by atoms with Crippen molar-refractivity contribution in [3.05, 3.63) is 60.2 Å². The van der Waals surface area contributed by atoms with Gasteiger partial charge < -0.3 is 5.32 Å². The van der Waals surface area contributed by atoms with Gasteiger partial charge in [0.15, 0.2) is 5.16 Å². The lowest BCUT2D eigenvalue weighted by atomic mass is 10.1. The first-order valence-electron chi connectivity index (χ1n) is 8.01. The van der Waals surface area contributed by atoms with Crippen LogP contribution in [0.25, 0.3) is 16.8 Å². The van der Waals surface area contributed by atoms with Crippen molar-refractivity contribution in [2.24, 2.45) is 0 Å². The van der Waals surface area contributed by atoms with Crippen LogP contribution in [0.3, 0.4) is 0 Å². The number of H-pyrrole nitrogens is 1. The third kappa shape index (κ3) is 3.10. The predicted octanol–water partition coefficient (Wildman–Crippen LogP) is 3.18. The van der Waals surface area contributed by atoms with Crippen molar-refractivity contribution in [1.29, 1.82) is 0 Å². The van der Waals surface area contributed by atoms with E-state index in [-0.39, 0.29) is 11.9 Å². The van der Waals surface area contributed by atoms with Gasteiger partial charge in [-0.2, -0.15) is 0 Å². The summed E-state index contributed by atoms with van der Waals surface area (Å²) in [5.74, 6) is 0.951. The number of carbonyl (C=O) groups is 1. The maximum Gasteiger partial charge on any atom is 0.231 e. The normalized spacial score (nSPS) is 12.5. The monoisotopic (exact) mass is 351 g/mol. The lowest BCUT2D eigenvalue weighted by Gasteiger charge is -2.13. The zero-order valence-corrected chi connectivity index (χ0v) is 14.5. The Morgan fingerprint density at radius 3 is 2.80 bits per heavy atom. The fraction of sp³-hybridized carbons (Fsp3) is 0.167. The summed E-state index contributed by atoms with van der Waals surface area (Å²) in [5, 5.41) is 10.9. The molecular weight excluding hydrogens is 334 g/mol. The second kappa shape index (κ2) is 6.60. The molecule has 126 valence electrons. The molecule has 2 aromatic carbocycles. The third-order valence-corrected chi connectivity index (χ3v) is 4.95. The van der Waals surface area contributed by atoms with E-state index in [0.29, 0.717) is 11.5 Å². The van der Waals surface area contributed by atoms with Crippen LogP contribution in [0, 0.1) is 0 Å². The van der Waals surface area contributed by atoms with E-state index in [0.717, 1.165) is 21.8 Å². The largest absolute Gasteiger partial charge is 0.349 e. The Bertz CT molecular complexity index is 1020. The minimum absolute atomic E-state index is 0.0254. The average Bonchev–Trinajstić information content (AvgIpc) is 3.20. The summed E-state index contributed by atoms with van der Waals surface area (Å²) < 4.78 is 1.94. The van der Waals surface area contributed by atoms with E-state index in [2.05, 4.69) is 20.5 Å². The molecule has 4 rings (SSSR count). The first-order valence-corrected chi connectivity index (χ1v) is 8.99. The molecule has 0 fully saturated rings. The first kappa shape index (κ1) is 15.7. The second-order valence-corrected chi connectivity index (χ2v) is 6.70. The van der Waals surface area contributed by atoms with Crippen LogP contribution in [-0.2, 0) is 4.79 Å². The zero-order chi connectivity index (χ0) is 17.2. The molecule has 0 saturated heterocycles. The van der Waals surface area contributed by atoms with Gasteiger partial charge in [-0.25, -0.2) is 10.1 Å². The fourth-order valence-electron chi connectivity index (χ4n) is 2.78. The summed E-state index contributed by atoms with van der Waals surface area (Å²) in [6.45, 7) is 1.98. The number of fused-ring (bicyclic) bond motifs is 3. The van der Waals surface area contributed by atoms with Crippen molar-refractivity contribution in [3.63, 3.8) is 0 Å². The van der Waals surface area contributed by atoms with Gasteiger partial charge in [0.2, 0.25) is 11.7 Å². The minimum atomic E-state index is -0.0260. The molecule has 2 N–H and O–H groups in total. The number of thioether (sulfide) groups is 1. The van der Waals surface area contributed by atoms with Crippen molar-refractivity contribution in [2.45, 2.75) is 18.1 Å². The number of benzene rings is 2. The topological polar surface area (TPSA) is 75.1 Å². The van der Waals surface area contributed by atoms with Gasteiger partial charge in [0.05, 0.1) is 22.8 Å². The summed E-state index contributed by atoms with van der Waals surface area (Å²) in [7, 11) is 0. The Hall–Kier alpha value is -2.80. The third-order valence-electron chi connectivity index (χ3n) is 4.01. The van der Waals surface area contributed by atoms with Crippen LogP contribution in [0.15, 0.2) is 59.8 Å². The van der Waals surface area contributed by atoms with Crippen LogP contribution >= 0.6 is 11.8 Å². The van der Waals surface area contributed by atoms with E-state index in [1.54, 1.807) is 0 Å². The highest BCUT2D eigenvalue weighted by Crippen LogP contribution is 2.23. The second-order valence-electron chi connectivity index (χ2n) is 5.75. The Labute approximate surface area is 148 Å². The fourth-order valence-corrected chi connectivity index (χ4v) is 3.55. The summed E-state index contributed by atoms with van der Waals surface area (Å²) in [4.78, 5) is 16.7. The SMILES string of the molecule is C[C@@H](NC(=O)CSc1n[nH]c2nc3ccccc3n12)c1ccccc1. The quantitative estimate of drug-likeness (QED) is 0.542. The molecule has 0 saturated carbocycles. The number of rotatable bonds is 5. The molecule has 0 aliphatic rings.